The maximum atomic E-state index is 5.02. The topological polar surface area (TPSA) is 51.6 Å². The van der Waals surface area contributed by atoms with E-state index in [-0.39, 0.29) is 0 Å². The summed E-state index contributed by atoms with van der Waals surface area (Å²) in [4.78, 5) is 24.6. The van der Waals surface area contributed by atoms with Crippen molar-refractivity contribution in [1.82, 2.24) is 19.9 Å². The van der Waals surface area contributed by atoms with Crippen LogP contribution in [0.2, 0.25) is 0 Å². The van der Waals surface area contributed by atoms with Gasteiger partial charge in [-0.15, -0.1) is 68.0 Å². The van der Waals surface area contributed by atoms with E-state index in [9.17, 15) is 0 Å². The zero-order valence-corrected chi connectivity index (χ0v) is 27.4. The van der Waals surface area contributed by atoms with Crippen molar-refractivity contribution >= 4 is 118 Å². The smallest absolute Gasteiger partial charge is 0.154 e. The van der Waals surface area contributed by atoms with Crippen molar-refractivity contribution in [1.29, 1.82) is 0 Å². The molecule has 0 N–H and O–H groups in total. The maximum Gasteiger partial charge on any atom is 0.154 e. The third kappa shape index (κ3) is 4.17. The molecule has 10 heteroatoms. The highest BCUT2D eigenvalue weighted by molar-refractivity contribution is 7.33. The third-order valence-corrected chi connectivity index (χ3v) is 14.3. The minimum Gasteiger partial charge on any atom is -0.233 e. The molecule has 0 saturated carbocycles. The van der Waals surface area contributed by atoms with Gasteiger partial charge in [0.2, 0.25) is 0 Å². The van der Waals surface area contributed by atoms with E-state index in [0.29, 0.717) is 0 Å². The quantitative estimate of drug-likeness (QED) is 0.187. The van der Waals surface area contributed by atoms with Crippen LogP contribution in [0.1, 0.15) is 0 Å². The lowest BCUT2D eigenvalue weighted by Gasteiger charge is -1.97. The second kappa shape index (κ2) is 9.80. The molecular weight excluding hydrogens is 657 g/mol. The van der Waals surface area contributed by atoms with Crippen LogP contribution in [0.5, 0.6) is 0 Å². The second-order valence-corrected chi connectivity index (χ2v) is 16.5. The van der Waals surface area contributed by atoms with Crippen LogP contribution in [-0.4, -0.2) is 19.9 Å². The standard InChI is InChI=1S/C34H16N4S6/c1-3-7-17(8-4-1)23-15-27-29(39-23)37-33(43-27)31-35-21-11-19-14-26-22(12-20(19)13-25(21)41-31)36-32(42-26)34-38-30-28(44-34)16-24(40-30)18-9-5-2-6-10-18/h1-16H. The van der Waals surface area contributed by atoms with Crippen molar-refractivity contribution in [2.24, 2.45) is 0 Å². The first-order chi connectivity index (χ1) is 21.7. The molecule has 6 aromatic heterocycles. The highest BCUT2D eigenvalue weighted by atomic mass is 32.1. The molecule has 4 nitrogen and oxygen atoms in total. The van der Waals surface area contributed by atoms with Gasteiger partial charge in [-0.25, -0.2) is 19.9 Å². The lowest BCUT2D eigenvalue weighted by atomic mass is 10.1. The first kappa shape index (κ1) is 25.4. The second-order valence-electron chi connectivity index (χ2n) is 10.4. The fourth-order valence-corrected chi connectivity index (χ4v) is 11.9. The van der Waals surface area contributed by atoms with E-state index in [1.54, 1.807) is 68.0 Å². The van der Waals surface area contributed by atoms with Crippen LogP contribution >= 0.6 is 68.0 Å². The Morgan fingerprint density at radius 3 is 1.20 bits per heavy atom. The molecule has 208 valence electrons. The zero-order valence-electron chi connectivity index (χ0n) is 22.5. The van der Waals surface area contributed by atoms with Gasteiger partial charge in [0.25, 0.3) is 0 Å². The van der Waals surface area contributed by atoms with Gasteiger partial charge >= 0.3 is 0 Å². The van der Waals surface area contributed by atoms with Gasteiger partial charge in [0.05, 0.1) is 29.8 Å². The molecule has 0 aliphatic rings. The predicted molar refractivity (Wildman–Crippen MR) is 194 cm³/mol. The number of benzene rings is 4. The van der Waals surface area contributed by atoms with Crippen LogP contribution in [0.3, 0.4) is 0 Å². The molecule has 0 bridgehead atoms. The molecule has 0 fully saturated rings. The fourth-order valence-electron chi connectivity index (χ4n) is 5.42. The largest absolute Gasteiger partial charge is 0.233 e. The number of hydrogen-bond donors (Lipinski definition) is 0. The van der Waals surface area contributed by atoms with Crippen molar-refractivity contribution in [3.8, 4) is 40.9 Å². The molecule has 0 aliphatic heterocycles. The Labute approximate surface area is 274 Å². The lowest BCUT2D eigenvalue weighted by molar-refractivity contribution is 1.43. The summed E-state index contributed by atoms with van der Waals surface area (Å²) in [7, 11) is 0. The normalized spacial score (nSPS) is 12.1. The fraction of sp³-hybridized carbons (Fsp3) is 0. The predicted octanol–water partition coefficient (Wildman–Crippen LogP) is 12.1. The number of aromatic nitrogens is 4. The van der Waals surface area contributed by atoms with Gasteiger partial charge in [-0.1, -0.05) is 60.7 Å². The Bertz CT molecular complexity index is 2360. The van der Waals surface area contributed by atoms with Crippen LogP contribution in [0.15, 0.2) is 97.1 Å². The molecule has 4 aromatic carbocycles. The Morgan fingerprint density at radius 2 is 0.773 bits per heavy atom. The molecule has 0 spiro atoms. The van der Waals surface area contributed by atoms with E-state index < -0.39 is 0 Å². The van der Waals surface area contributed by atoms with Crippen molar-refractivity contribution in [3.63, 3.8) is 0 Å². The van der Waals surface area contributed by atoms with Crippen LogP contribution in [-0.2, 0) is 0 Å². The van der Waals surface area contributed by atoms with Gasteiger partial charge in [-0.05, 0) is 58.3 Å². The number of hydrogen-bond acceptors (Lipinski definition) is 10. The first-order valence-electron chi connectivity index (χ1n) is 13.8. The Kier molecular flexibility index (Phi) is 5.66. The van der Waals surface area contributed by atoms with E-state index in [4.69, 9.17) is 19.9 Å². The third-order valence-electron chi connectivity index (χ3n) is 7.51. The summed E-state index contributed by atoms with van der Waals surface area (Å²) < 4.78 is 4.76. The average molecular weight is 673 g/mol. The molecule has 6 heterocycles. The van der Waals surface area contributed by atoms with Crippen LogP contribution in [0.4, 0.5) is 0 Å². The number of thiophene rings is 2. The maximum absolute atomic E-state index is 5.02. The SMILES string of the molecule is c1ccc(-c2cc3sc(-c4nc5cc6cc7sc(-c8nc9sc(-c%10ccccc%10)cc9s8)nc7cc6cc5s4)nc3s2)cc1. The minimum atomic E-state index is 0.978. The van der Waals surface area contributed by atoms with Gasteiger partial charge in [0.1, 0.15) is 9.66 Å². The number of thiazole rings is 4. The highest BCUT2D eigenvalue weighted by Crippen LogP contribution is 2.44. The van der Waals surface area contributed by atoms with Crippen LogP contribution in [0.25, 0.3) is 91.2 Å². The Hall–Kier alpha value is -3.90. The monoisotopic (exact) mass is 672 g/mol. The summed E-state index contributed by atoms with van der Waals surface area (Å²) in [5.41, 5.74) is 4.50. The van der Waals surface area contributed by atoms with Gasteiger partial charge in [0.15, 0.2) is 20.0 Å². The minimum absolute atomic E-state index is 0.978. The molecule has 0 radical (unpaired) electrons. The molecule has 10 aromatic rings. The number of rotatable bonds is 4. The molecular formula is C34H16N4S6. The van der Waals surface area contributed by atoms with Crippen LogP contribution < -0.4 is 0 Å². The number of nitrogens with zero attached hydrogens (tertiary/aromatic N) is 4. The summed E-state index contributed by atoms with van der Waals surface area (Å²) in [6.07, 6.45) is 0. The highest BCUT2D eigenvalue weighted by Gasteiger charge is 2.18. The molecule has 0 atom stereocenters. The summed E-state index contributed by atoms with van der Waals surface area (Å²) in [5, 5.41) is 6.29. The van der Waals surface area contributed by atoms with Crippen molar-refractivity contribution < 1.29 is 0 Å². The Morgan fingerprint density at radius 1 is 0.364 bits per heavy atom. The molecule has 0 aliphatic carbocycles. The van der Waals surface area contributed by atoms with Gasteiger partial charge < -0.3 is 0 Å². The molecule has 0 unspecified atom stereocenters. The summed E-state index contributed by atoms with van der Waals surface area (Å²) in [5.74, 6) is 0. The molecule has 10 rings (SSSR count). The van der Waals surface area contributed by atoms with Gasteiger partial charge in [-0.3, -0.25) is 0 Å². The van der Waals surface area contributed by atoms with Crippen LogP contribution in [0, 0.1) is 0 Å². The lowest BCUT2D eigenvalue weighted by Crippen LogP contribution is -1.76. The molecule has 0 saturated heterocycles. The number of fused-ring (bicyclic) bond motifs is 5. The van der Waals surface area contributed by atoms with E-state index in [2.05, 4.69) is 97.1 Å². The Balaban J connectivity index is 0.982. The summed E-state index contributed by atoms with van der Waals surface area (Å²) in [6, 6.07) is 34.4. The van der Waals surface area contributed by atoms with Crippen molar-refractivity contribution in [2.45, 2.75) is 0 Å². The van der Waals surface area contributed by atoms with Gasteiger partial charge in [-0.2, -0.15) is 0 Å². The van der Waals surface area contributed by atoms with Crippen molar-refractivity contribution in [2.75, 3.05) is 0 Å². The molecule has 44 heavy (non-hydrogen) atoms. The van der Waals surface area contributed by atoms with E-state index >= 15 is 0 Å². The van der Waals surface area contributed by atoms with Gasteiger partial charge in [0, 0.05) is 9.75 Å². The molecule has 0 amide bonds. The summed E-state index contributed by atoms with van der Waals surface area (Å²) >= 11 is 10.4. The van der Waals surface area contributed by atoms with E-state index in [0.717, 1.165) is 40.7 Å². The van der Waals surface area contributed by atoms with Crippen molar-refractivity contribution in [3.05, 3.63) is 97.1 Å². The summed E-state index contributed by atoms with van der Waals surface area (Å²) in [6.45, 7) is 0. The van der Waals surface area contributed by atoms with E-state index in [1.807, 2.05) is 0 Å². The average Bonchev–Trinajstić information content (AvgIpc) is 3.88. The first-order valence-corrected chi connectivity index (χ1v) is 18.7. The van der Waals surface area contributed by atoms with E-state index in [1.165, 1.54) is 50.5 Å². The zero-order chi connectivity index (χ0) is 28.8.